The number of thiazole rings is 1. The van der Waals surface area contributed by atoms with Crippen LogP contribution in [-0.2, 0) is 11.3 Å². The van der Waals surface area contributed by atoms with Crippen LogP contribution in [0.15, 0.2) is 24.4 Å². The summed E-state index contributed by atoms with van der Waals surface area (Å²) in [5.74, 6) is 0.0564. The number of aromatic nitrogens is 2. The Kier molecular flexibility index (Phi) is 5.64. The van der Waals surface area contributed by atoms with Crippen molar-refractivity contribution < 1.29 is 9.53 Å². The van der Waals surface area contributed by atoms with Gasteiger partial charge in [-0.05, 0) is 36.0 Å². The molecule has 7 heteroatoms. The SMILES string of the molecule is CN(CC(C)(C)C)C(=O)c1cn2c(nc3ccc(CNC4CCOCC4)cc32)s1. The first-order chi connectivity index (χ1) is 13.8. The van der Waals surface area contributed by atoms with Crippen LogP contribution < -0.4 is 5.32 Å². The minimum atomic E-state index is 0.0564. The van der Waals surface area contributed by atoms with Gasteiger partial charge in [0.2, 0.25) is 0 Å². The van der Waals surface area contributed by atoms with E-state index < -0.39 is 0 Å². The highest BCUT2D eigenvalue weighted by atomic mass is 32.1. The molecule has 3 aromatic rings. The van der Waals surface area contributed by atoms with E-state index in [1.807, 2.05) is 13.2 Å². The maximum absolute atomic E-state index is 12.8. The topological polar surface area (TPSA) is 58.9 Å². The number of amides is 1. The van der Waals surface area contributed by atoms with Crippen molar-refractivity contribution in [3.05, 3.63) is 34.8 Å². The van der Waals surface area contributed by atoms with Crippen molar-refractivity contribution in [1.29, 1.82) is 0 Å². The highest BCUT2D eigenvalue weighted by molar-refractivity contribution is 7.18. The first kappa shape index (κ1) is 20.3. The summed E-state index contributed by atoms with van der Waals surface area (Å²) in [5, 5.41) is 3.64. The van der Waals surface area contributed by atoms with Gasteiger partial charge < -0.3 is 15.0 Å². The summed E-state index contributed by atoms with van der Waals surface area (Å²) in [6.45, 7) is 9.65. The lowest BCUT2D eigenvalue weighted by Crippen LogP contribution is -2.34. The molecule has 0 bridgehead atoms. The standard InChI is InChI=1S/C22H30N4O2S/c1-22(2,3)14-25(4)20(27)19-13-26-18-11-15(5-6-17(18)24-21(26)29-19)12-23-16-7-9-28-10-8-16/h5-6,11,13,16,23H,7-10,12,14H2,1-4H3. The first-order valence-electron chi connectivity index (χ1n) is 10.3. The smallest absolute Gasteiger partial charge is 0.265 e. The number of fused-ring (bicyclic) bond motifs is 3. The van der Waals surface area contributed by atoms with Crippen molar-refractivity contribution in [2.45, 2.75) is 46.2 Å². The number of carbonyl (C=O) groups excluding carboxylic acids is 1. The number of ether oxygens (including phenoxy) is 1. The molecule has 1 aliphatic rings. The van der Waals surface area contributed by atoms with Gasteiger partial charge in [0.15, 0.2) is 4.96 Å². The predicted octanol–water partition coefficient (Wildman–Crippen LogP) is 3.94. The molecule has 1 amide bonds. The molecule has 0 unspecified atom stereocenters. The van der Waals surface area contributed by atoms with Crippen LogP contribution in [0.1, 0.15) is 48.8 Å². The van der Waals surface area contributed by atoms with Crippen molar-refractivity contribution in [3.63, 3.8) is 0 Å². The van der Waals surface area contributed by atoms with Gasteiger partial charge in [0.25, 0.3) is 5.91 Å². The molecule has 6 nitrogen and oxygen atoms in total. The number of nitrogens with one attached hydrogen (secondary N) is 1. The quantitative estimate of drug-likeness (QED) is 0.687. The van der Waals surface area contributed by atoms with Crippen molar-refractivity contribution in [1.82, 2.24) is 19.6 Å². The summed E-state index contributed by atoms with van der Waals surface area (Å²) in [6, 6.07) is 6.91. The minimum absolute atomic E-state index is 0.0564. The highest BCUT2D eigenvalue weighted by Gasteiger charge is 2.22. The van der Waals surface area contributed by atoms with E-state index in [-0.39, 0.29) is 11.3 Å². The minimum Gasteiger partial charge on any atom is -0.381 e. The summed E-state index contributed by atoms with van der Waals surface area (Å²) < 4.78 is 7.48. The van der Waals surface area contributed by atoms with Crippen LogP contribution in [0.5, 0.6) is 0 Å². The molecule has 3 heterocycles. The second kappa shape index (κ2) is 8.05. The molecule has 0 saturated carbocycles. The van der Waals surface area contributed by atoms with Gasteiger partial charge in [-0.1, -0.05) is 38.2 Å². The fourth-order valence-corrected chi connectivity index (χ4v) is 4.89. The molecule has 1 N–H and O–H groups in total. The van der Waals surface area contributed by atoms with Crippen LogP contribution in [0.4, 0.5) is 0 Å². The Morgan fingerprint density at radius 2 is 2.10 bits per heavy atom. The molecule has 1 fully saturated rings. The summed E-state index contributed by atoms with van der Waals surface area (Å²) >= 11 is 1.46. The zero-order chi connectivity index (χ0) is 20.6. The largest absolute Gasteiger partial charge is 0.381 e. The van der Waals surface area contributed by atoms with Crippen LogP contribution in [-0.4, -0.2) is 53.0 Å². The molecule has 0 spiro atoms. The van der Waals surface area contributed by atoms with Crippen molar-refractivity contribution >= 4 is 33.2 Å². The lowest BCUT2D eigenvalue weighted by molar-refractivity contribution is 0.0750. The molecular formula is C22H30N4O2S. The van der Waals surface area contributed by atoms with Crippen molar-refractivity contribution in [2.75, 3.05) is 26.8 Å². The van der Waals surface area contributed by atoms with Gasteiger partial charge in [0.05, 0.1) is 11.0 Å². The van der Waals surface area contributed by atoms with E-state index >= 15 is 0 Å². The lowest BCUT2D eigenvalue weighted by Gasteiger charge is -2.26. The number of benzene rings is 1. The van der Waals surface area contributed by atoms with Gasteiger partial charge in [-0.3, -0.25) is 9.20 Å². The molecular weight excluding hydrogens is 384 g/mol. The summed E-state index contributed by atoms with van der Waals surface area (Å²) in [7, 11) is 1.87. The van der Waals surface area contributed by atoms with E-state index in [4.69, 9.17) is 9.72 Å². The number of hydrogen-bond acceptors (Lipinski definition) is 5. The Labute approximate surface area is 175 Å². The average Bonchev–Trinajstić information content (AvgIpc) is 3.23. The third-order valence-corrected chi connectivity index (χ3v) is 6.22. The van der Waals surface area contributed by atoms with E-state index in [0.717, 1.165) is 60.0 Å². The maximum Gasteiger partial charge on any atom is 0.265 e. The van der Waals surface area contributed by atoms with Crippen molar-refractivity contribution in [2.24, 2.45) is 5.41 Å². The maximum atomic E-state index is 12.8. The molecule has 0 atom stereocenters. The van der Waals surface area contributed by atoms with Crippen LogP contribution >= 0.6 is 11.3 Å². The summed E-state index contributed by atoms with van der Waals surface area (Å²) in [6.07, 6.45) is 4.07. The lowest BCUT2D eigenvalue weighted by atomic mass is 9.96. The molecule has 4 rings (SSSR count). The summed E-state index contributed by atoms with van der Waals surface area (Å²) in [5.41, 5.74) is 3.32. The third kappa shape index (κ3) is 4.63. The van der Waals surface area contributed by atoms with E-state index in [1.165, 1.54) is 16.9 Å². The molecule has 2 aromatic heterocycles. The fraction of sp³-hybridized carbons (Fsp3) is 0.545. The third-order valence-electron chi connectivity index (χ3n) is 5.25. The van der Waals surface area contributed by atoms with Crippen LogP contribution in [0.3, 0.4) is 0 Å². The molecule has 1 aliphatic heterocycles. The molecule has 1 saturated heterocycles. The van der Waals surface area contributed by atoms with E-state index in [0.29, 0.717) is 6.04 Å². The average molecular weight is 415 g/mol. The second-order valence-corrected chi connectivity index (χ2v) is 10.2. The zero-order valence-corrected chi connectivity index (χ0v) is 18.5. The molecule has 1 aromatic carbocycles. The highest BCUT2D eigenvalue weighted by Crippen LogP contribution is 2.26. The number of rotatable bonds is 5. The number of imidazole rings is 1. The van der Waals surface area contributed by atoms with Crippen molar-refractivity contribution in [3.8, 4) is 0 Å². The fourth-order valence-electron chi connectivity index (χ4n) is 3.90. The van der Waals surface area contributed by atoms with Gasteiger partial charge in [-0.15, -0.1) is 0 Å². The van der Waals surface area contributed by atoms with Crippen LogP contribution in [0.2, 0.25) is 0 Å². The Hall–Kier alpha value is -1.96. The van der Waals surface area contributed by atoms with Crippen LogP contribution in [0, 0.1) is 5.41 Å². The van der Waals surface area contributed by atoms with Gasteiger partial charge in [-0.2, -0.15) is 0 Å². The monoisotopic (exact) mass is 414 g/mol. The van der Waals surface area contributed by atoms with Gasteiger partial charge in [-0.25, -0.2) is 4.98 Å². The Bertz CT molecular complexity index is 1010. The predicted molar refractivity (Wildman–Crippen MR) is 118 cm³/mol. The second-order valence-electron chi connectivity index (χ2n) is 9.17. The van der Waals surface area contributed by atoms with E-state index in [1.54, 1.807) is 4.90 Å². The summed E-state index contributed by atoms with van der Waals surface area (Å²) in [4.78, 5) is 21.0. The molecule has 156 valence electrons. The van der Waals surface area contributed by atoms with Gasteiger partial charge in [0, 0.05) is 45.6 Å². The van der Waals surface area contributed by atoms with Gasteiger partial charge in [0.1, 0.15) is 4.88 Å². The van der Waals surface area contributed by atoms with E-state index in [2.05, 4.69) is 48.7 Å². The molecule has 29 heavy (non-hydrogen) atoms. The first-order valence-corrected chi connectivity index (χ1v) is 11.1. The van der Waals surface area contributed by atoms with Gasteiger partial charge >= 0.3 is 0 Å². The molecule has 0 radical (unpaired) electrons. The number of hydrogen-bond donors (Lipinski definition) is 1. The van der Waals surface area contributed by atoms with E-state index in [9.17, 15) is 4.79 Å². The number of carbonyl (C=O) groups is 1. The Morgan fingerprint density at radius 3 is 2.83 bits per heavy atom. The number of nitrogens with zero attached hydrogens (tertiary/aromatic N) is 3. The zero-order valence-electron chi connectivity index (χ0n) is 17.7. The van der Waals surface area contributed by atoms with Crippen LogP contribution in [0.25, 0.3) is 16.0 Å². The molecule has 0 aliphatic carbocycles. The Balaban J connectivity index is 1.54. The Morgan fingerprint density at radius 1 is 1.34 bits per heavy atom. The normalized spacial score (nSPS) is 16.0.